The van der Waals surface area contributed by atoms with Crippen LogP contribution in [-0.4, -0.2) is 39.6 Å². The molecule has 140 valence electrons. The number of nitrogens with one attached hydrogen (secondary N) is 1. The fourth-order valence-corrected chi connectivity index (χ4v) is 2.65. The van der Waals surface area contributed by atoms with Crippen LogP contribution in [0.4, 0.5) is 0 Å². The highest BCUT2D eigenvalue weighted by molar-refractivity contribution is 5.98. The molecule has 0 aliphatic rings. The fourth-order valence-electron chi connectivity index (χ4n) is 2.65. The Morgan fingerprint density at radius 3 is 2.73 bits per heavy atom. The second kappa shape index (κ2) is 9.70. The molecule has 1 N–H and O–H groups in total. The Balaban J connectivity index is 1.76. The molecule has 0 bridgehead atoms. The Morgan fingerprint density at radius 2 is 2.04 bits per heavy atom. The van der Waals surface area contributed by atoms with Gasteiger partial charge in [-0.25, -0.2) is 0 Å². The van der Waals surface area contributed by atoms with Gasteiger partial charge in [-0.2, -0.15) is 0 Å². The number of rotatable bonds is 10. The van der Waals surface area contributed by atoms with Crippen LogP contribution in [0.1, 0.15) is 48.4 Å². The third-order valence-electron chi connectivity index (χ3n) is 4.08. The smallest absolute Gasteiger partial charge is 0.220 e. The molecule has 1 aromatic heterocycles. The summed E-state index contributed by atoms with van der Waals surface area (Å²) in [6.45, 7) is 7.70. The predicted octanol–water partition coefficient (Wildman–Crippen LogP) is 2.33. The Kier molecular flexibility index (Phi) is 7.32. The molecule has 0 saturated carbocycles. The van der Waals surface area contributed by atoms with Crippen molar-refractivity contribution in [3.05, 3.63) is 41.5 Å². The van der Waals surface area contributed by atoms with Gasteiger partial charge in [-0.15, -0.1) is 10.2 Å². The lowest BCUT2D eigenvalue weighted by Gasteiger charge is -2.09. The summed E-state index contributed by atoms with van der Waals surface area (Å²) in [5, 5.41) is 10.7. The highest BCUT2D eigenvalue weighted by atomic mass is 16.5. The number of ether oxygens (including phenoxy) is 1. The molecule has 0 fully saturated rings. The number of hydrogen-bond acceptors (Lipinski definition) is 5. The van der Waals surface area contributed by atoms with Gasteiger partial charge in [0.1, 0.15) is 17.9 Å². The first-order chi connectivity index (χ1) is 12.5. The summed E-state index contributed by atoms with van der Waals surface area (Å²) < 4.78 is 7.41. The van der Waals surface area contributed by atoms with E-state index in [0.29, 0.717) is 25.1 Å². The number of benzene rings is 1. The third-order valence-corrected chi connectivity index (χ3v) is 4.08. The first-order valence-electron chi connectivity index (χ1n) is 8.95. The van der Waals surface area contributed by atoms with Crippen molar-refractivity contribution in [2.75, 3.05) is 13.2 Å². The summed E-state index contributed by atoms with van der Waals surface area (Å²) in [4.78, 5) is 24.2. The van der Waals surface area contributed by atoms with Crippen LogP contribution in [0.25, 0.3) is 0 Å². The lowest BCUT2D eigenvalue weighted by Crippen LogP contribution is -2.26. The average Bonchev–Trinajstić information content (AvgIpc) is 3.09. The van der Waals surface area contributed by atoms with Crippen molar-refractivity contribution >= 4 is 11.7 Å². The number of aromatic nitrogens is 3. The minimum atomic E-state index is -0.136. The van der Waals surface area contributed by atoms with E-state index in [2.05, 4.69) is 15.5 Å². The molecule has 0 atom stereocenters. The number of aryl methyl sites for hydroxylation is 2. The van der Waals surface area contributed by atoms with E-state index in [1.54, 1.807) is 18.5 Å². The second-order valence-electron chi connectivity index (χ2n) is 5.97. The number of carbonyl (C=O) groups is 2. The van der Waals surface area contributed by atoms with Crippen LogP contribution in [-0.2, 0) is 17.8 Å². The molecule has 2 aromatic rings. The summed E-state index contributed by atoms with van der Waals surface area (Å²) in [7, 11) is 0. The van der Waals surface area contributed by atoms with Crippen LogP contribution in [0, 0.1) is 6.92 Å². The van der Waals surface area contributed by atoms with Gasteiger partial charge in [0.05, 0.1) is 6.61 Å². The van der Waals surface area contributed by atoms with Gasteiger partial charge in [0, 0.05) is 37.9 Å². The molecule has 1 amide bonds. The van der Waals surface area contributed by atoms with E-state index in [1.165, 1.54) is 0 Å². The maximum Gasteiger partial charge on any atom is 0.220 e. The minimum absolute atomic E-state index is 0.0444. The van der Waals surface area contributed by atoms with Crippen LogP contribution in [0.3, 0.4) is 0 Å². The number of nitrogens with zero attached hydrogens (tertiary/aromatic N) is 3. The standard InChI is InChI=1S/C19H26N4O3/c1-4-23-13-21-22-18(23)10-11-20-19(25)9-7-16(24)15-6-8-17(26-5-2)14(3)12-15/h6,8,12-13H,4-5,7,9-11H2,1-3H3,(H,20,25). The maximum absolute atomic E-state index is 12.3. The quantitative estimate of drug-likeness (QED) is 0.659. The van der Waals surface area contributed by atoms with Gasteiger partial charge in [0.25, 0.3) is 0 Å². The third kappa shape index (κ3) is 5.40. The van der Waals surface area contributed by atoms with Gasteiger partial charge >= 0.3 is 0 Å². The number of Topliss-reactive ketones (excluding diaryl/α,β-unsaturated/α-hetero) is 1. The molecule has 0 spiro atoms. The van der Waals surface area contributed by atoms with Crippen molar-refractivity contribution in [1.82, 2.24) is 20.1 Å². The topological polar surface area (TPSA) is 86.1 Å². The van der Waals surface area contributed by atoms with Crippen molar-refractivity contribution in [3.63, 3.8) is 0 Å². The molecule has 7 nitrogen and oxygen atoms in total. The van der Waals surface area contributed by atoms with Gasteiger partial charge in [0.15, 0.2) is 5.78 Å². The SMILES string of the molecule is CCOc1ccc(C(=O)CCC(=O)NCCc2nncn2CC)cc1C. The van der Waals surface area contributed by atoms with Crippen molar-refractivity contribution < 1.29 is 14.3 Å². The molecule has 1 aromatic carbocycles. The molecule has 1 heterocycles. The van der Waals surface area contributed by atoms with Gasteiger partial charge < -0.3 is 14.6 Å². The van der Waals surface area contributed by atoms with E-state index >= 15 is 0 Å². The van der Waals surface area contributed by atoms with Crippen LogP contribution in [0.2, 0.25) is 0 Å². The molecule has 26 heavy (non-hydrogen) atoms. The molecular formula is C19H26N4O3. The second-order valence-corrected chi connectivity index (χ2v) is 5.97. The molecule has 0 radical (unpaired) electrons. The first-order valence-corrected chi connectivity index (χ1v) is 8.95. The lowest BCUT2D eigenvalue weighted by molar-refractivity contribution is -0.121. The Labute approximate surface area is 153 Å². The molecule has 7 heteroatoms. The molecule has 0 saturated heterocycles. The number of amides is 1. The first kappa shape index (κ1) is 19.6. The molecule has 0 aliphatic heterocycles. The van der Waals surface area contributed by atoms with Crippen LogP contribution < -0.4 is 10.1 Å². The summed E-state index contributed by atoms with van der Waals surface area (Å²) in [5.74, 6) is 1.44. The van der Waals surface area contributed by atoms with Gasteiger partial charge in [-0.05, 0) is 44.5 Å². The van der Waals surface area contributed by atoms with Gasteiger partial charge in [-0.3, -0.25) is 9.59 Å². The predicted molar refractivity (Wildman–Crippen MR) is 98.3 cm³/mol. The van der Waals surface area contributed by atoms with Gasteiger partial charge in [-0.1, -0.05) is 0 Å². The van der Waals surface area contributed by atoms with E-state index in [9.17, 15) is 9.59 Å². The van der Waals surface area contributed by atoms with E-state index in [4.69, 9.17) is 4.74 Å². The Hall–Kier alpha value is -2.70. The lowest BCUT2D eigenvalue weighted by atomic mass is 10.0. The van der Waals surface area contributed by atoms with E-state index in [1.807, 2.05) is 31.4 Å². The van der Waals surface area contributed by atoms with E-state index in [0.717, 1.165) is 23.7 Å². The van der Waals surface area contributed by atoms with E-state index < -0.39 is 0 Å². The molecular weight excluding hydrogens is 332 g/mol. The monoisotopic (exact) mass is 358 g/mol. The zero-order valence-corrected chi connectivity index (χ0v) is 15.6. The van der Waals surface area contributed by atoms with Crippen LogP contribution >= 0.6 is 0 Å². The largest absolute Gasteiger partial charge is 0.494 e. The zero-order valence-electron chi connectivity index (χ0n) is 15.6. The van der Waals surface area contributed by atoms with Crippen LogP contribution in [0.15, 0.2) is 24.5 Å². The summed E-state index contributed by atoms with van der Waals surface area (Å²) in [6.07, 6.45) is 2.65. The summed E-state index contributed by atoms with van der Waals surface area (Å²) >= 11 is 0. The number of hydrogen-bond donors (Lipinski definition) is 1. The zero-order chi connectivity index (χ0) is 18.9. The number of ketones is 1. The highest BCUT2D eigenvalue weighted by Crippen LogP contribution is 2.20. The van der Waals surface area contributed by atoms with Crippen LogP contribution in [0.5, 0.6) is 5.75 Å². The fraction of sp³-hybridized carbons (Fsp3) is 0.474. The highest BCUT2D eigenvalue weighted by Gasteiger charge is 2.11. The summed E-state index contributed by atoms with van der Waals surface area (Å²) in [5.41, 5.74) is 1.52. The van der Waals surface area contributed by atoms with Crippen molar-refractivity contribution in [2.24, 2.45) is 0 Å². The molecule has 0 unspecified atom stereocenters. The molecule has 2 rings (SSSR count). The van der Waals surface area contributed by atoms with Crippen molar-refractivity contribution in [1.29, 1.82) is 0 Å². The molecule has 0 aliphatic carbocycles. The van der Waals surface area contributed by atoms with E-state index in [-0.39, 0.29) is 24.5 Å². The van der Waals surface area contributed by atoms with Gasteiger partial charge in [0.2, 0.25) is 5.91 Å². The summed E-state index contributed by atoms with van der Waals surface area (Å²) in [6, 6.07) is 5.36. The van der Waals surface area contributed by atoms with Crippen molar-refractivity contribution in [2.45, 2.75) is 46.6 Å². The normalized spacial score (nSPS) is 10.6. The Morgan fingerprint density at radius 1 is 1.23 bits per heavy atom. The average molecular weight is 358 g/mol. The minimum Gasteiger partial charge on any atom is -0.494 e. The number of carbonyl (C=O) groups excluding carboxylic acids is 2. The maximum atomic E-state index is 12.3. The van der Waals surface area contributed by atoms with Crippen molar-refractivity contribution in [3.8, 4) is 5.75 Å². The Bertz CT molecular complexity index is 755.